The molecule has 2 unspecified atom stereocenters. The van der Waals surface area contributed by atoms with Crippen LogP contribution in [0.2, 0.25) is 0 Å². The number of ether oxygens (including phenoxy) is 2. The summed E-state index contributed by atoms with van der Waals surface area (Å²) in [4.78, 5) is 25.0. The zero-order valence-electron chi connectivity index (χ0n) is 14.7. The van der Waals surface area contributed by atoms with Gasteiger partial charge in [-0.15, -0.1) is 11.6 Å². The molecule has 0 N–H and O–H groups in total. The fourth-order valence-electron chi connectivity index (χ4n) is 5.65. The van der Waals surface area contributed by atoms with Gasteiger partial charge in [0, 0.05) is 4.87 Å². The lowest BCUT2D eigenvalue weighted by Crippen LogP contribution is -2.56. The van der Waals surface area contributed by atoms with Gasteiger partial charge in [-0.05, 0) is 68.6 Å². The van der Waals surface area contributed by atoms with E-state index in [0.29, 0.717) is 18.3 Å². The van der Waals surface area contributed by atoms with E-state index in [1.807, 2.05) is 0 Å². The van der Waals surface area contributed by atoms with Gasteiger partial charge < -0.3 is 9.47 Å². The number of rotatable bonds is 5. The van der Waals surface area contributed by atoms with Gasteiger partial charge in [0.25, 0.3) is 0 Å². The van der Waals surface area contributed by atoms with Gasteiger partial charge in [0.15, 0.2) is 6.61 Å². The van der Waals surface area contributed by atoms with Crippen LogP contribution in [0.25, 0.3) is 0 Å². The number of ketones is 1. The molecule has 4 aliphatic carbocycles. The van der Waals surface area contributed by atoms with Gasteiger partial charge in [-0.3, -0.25) is 9.59 Å². The van der Waals surface area contributed by atoms with Gasteiger partial charge in [-0.25, -0.2) is 4.39 Å². The molecular formula is C20H22ClFO4. The maximum Gasteiger partial charge on any atom is 0.312 e. The molecule has 26 heavy (non-hydrogen) atoms. The Kier molecular flexibility index (Phi) is 4.25. The molecular weight excluding hydrogens is 359 g/mol. The van der Waals surface area contributed by atoms with Crippen molar-refractivity contribution in [3.63, 3.8) is 0 Å². The van der Waals surface area contributed by atoms with Crippen molar-refractivity contribution in [3.8, 4) is 5.75 Å². The molecule has 4 fully saturated rings. The summed E-state index contributed by atoms with van der Waals surface area (Å²) in [5, 5.41) is 0. The average molecular weight is 381 g/mol. The lowest BCUT2D eigenvalue weighted by molar-refractivity contribution is -0.168. The van der Waals surface area contributed by atoms with E-state index in [4.69, 9.17) is 21.1 Å². The van der Waals surface area contributed by atoms with E-state index in [9.17, 15) is 14.0 Å². The quantitative estimate of drug-likeness (QED) is 0.437. The van der Waals surface area contributed by atoms with Gasteiger partial charge >= 0.3 is 5.97 Å². The summed E-state index contributed by atoms with van der Waals surface area (Å²) >= 11 is 6.75. The molecule has 140 valence electrons. The van der Waals surface area contributed by atoms with Crippen LogP contribution >= 0.6 is 11.6 Å². The summed E-state index contributed by atoms with van der Waals surface area (Å²) in [5.41, 5.74) is -0.474. The summed E-state index contributed by atoms with van der Waals surface area (Å²) in [5.74, 6) is -0.131. The Morgan fingerprint density at radius 2 is 1.92 bits per heavy atom. The van der Waals surface area contributed by atoms with E-state index in [0.717, 1.165) is 38.2 Å². The minimum absolute atomic E-state index is 0.0830. The summed E-state index contributed by atoms with van der Waals surface area (Å²) in [6, 6.07) is 3.71. The number of esters is 1. The minimum atomic E-state index is -0.557. The first-order chi connectivity index (χ1) is 12.3. The third-order valence-corrected chi connectivity index (χ3v) is 6.66. The molecule has 1 aromatic carbocycles. The number of hydrogen-bond donors (Lipinski definition) is 0. The Morgan fingerprint density at radius 3 is 2.54 bits per heavy atom. The van der Waals surface area contributed by atoms with E-state index in [2.05, 4.69) is 0 Å². The molecule has 0 saturated heterocycles. The molecule has 0 aromatic heterocycles. The lowest BCUT2D eigenvalue weighted by atomic mass is 9.49. The maximum atomic E-state index is 13.5. The van der Waals surface area contributed by atoms with Crippen molar-refractivity contribution in [2.24, 2.45) is 17.3 Å². The van der Waals surface area contributed by atoms with Crippen LogP contribution in [0.15, 0.2) is 18.2 Å². The van der Waals surface area contributed by atoms with Gasteiger partial charge in [-0.1, -0.05) is 0 Å². The molecule has 0 radical (unpaired) electrons. The number of methoxy groups -OCH3 is 1. The third-order valence-electron chi connectivity index (χ3n) is 6.22. The number of Topliss-reactive ketones (excluding diaryl/α,β-unsaturated/α-hetero) is 1. The normalized spacial score (nSPS) is 34.6. The first-order valence-electron chi connectivity index (χ1n) is 9.05. The summed E-state index contributed by atoms with van der Waals surface area (Å²) in [6.07, 6.45) is 5.31. The van der Waals surface area contributed by atoms with Crippen molar-refractivity contribution in [2.75, 3.05) is 13.7 Å². The van der Waals surface area contributed by atoms with Crippen molar-refractivity contribution >= 4 is 23.4 Å². The van der Waals surface area contributed by atoms with Crippen LogP contribution in [0.5, 0.6) is 5.75 Å². The van der Waals surface area contributed by atoms with Gasteiger partial charge in [0.2, 0.25) is 5.78 Å². The highest BCUT2D eigenvalue weighted by Crippen LogP contribution is 2.64. The molecule has 4 nitrogen and oxygen atoms in total. The Bertz CT molecular complexity index is 748. The minimum Gasteiger partial charge on any atom is -0.496 e. The standard InChI is InChI=1S/C20H22ClFO4/c1-25-17-3-2-14(22)5-15(17)16(23)10-26-18(24)19-6-12-4-13(7-19)9-20(21,8-12)11-19/h2-3,5,12-13H,4,6-11H2,1H3/t12-,13+,19?,20?. The van der Waals surface area contributed by atoms with E-state index in [1.54, 1.807) is 0 Å². The number of alkyl halides is 1. The monoisotopic (exact) mass is 380 g/mol. The maximum absolute atomic E-state index is 13.5. The number of hydrogen-bond acceptors (Lipinski definition) is 4. The number of carbonyl (C=O) groups excluding carboxylic acids is 2. The van der Waals surface area contributed by atoms with Crippen molar-refractivity contribution < 1.29 is 23.5 Å². The molecule has 1 aromatic rings. The number of halogens is 2. The second-order valence-corrected chi connectivity index (χ2v) is 9.04. The lowest BCUT2D eigenvalue weighted by Gasteiger charge is -2.58. The predicted octanol–water partition coefficient (Wildman–Crippen LogP) is 4.14. The van der Waals surface area contributed by atoms with Crippen LogP contribution in [0, 0.1) is 23.1 Å². The first-order valence-corrected chi connectivity index (χ1v) is 9.43. The smallest absolute Gasteiger partial charge is 0.312 e. The molecule has 4 saturated carbocycles. The Balaban J connectivity index is 1.46. The van der Waals surface area contributed by atoms with E-state index in [1.165, 1.54) is 19.2 Å². The number of carbonyl (C=O) groups is 2. The molecule has 4 bridgehead atoms. The van der Waals surface area contributed by atoms with E-state index in [-0.39, 0.29) is 22.2 Å². The summed E-state index contributed by atoms with van der Waals surface area (Å²) in [6.45, 7) is -0.412. The Hall–Kier alpha value is -1.62. The molecule has 6 heteroatoms. The van der Waals surface area contributed by atoms with Crippen molar-refractivity contribution in [1.82, 2.24) is 0 Å². The second kappa shape index (κ2) is 6.22. The molecule has 5 rings (SSSR count). The molecule has 0 spiro atoms. The number of benzene rings is 1. The van der Waals surface area contributed by atoms with Crippen LogP contribution in [0.3, 0.4) is 0 Å². The fourth-order valence-corrected chi connectivity index (χ4v) is 6.34. The Morgan fingerprint density at radius 1 is 1.23 bits per heavy atom. The molecule has 4 atom stereocenters. The van der Waals surface area contributed by atoms with Crippen molar-refractivity contribution in [3.05, 3.63) is 29.6 Å². The van der Waals surface area contributed by atoms with Gasteiger partial charge in [0.1, 0.15) is 11.6 Å². The molecule has 0 heterocycles. The van der Waals surface area contributed by atoms with Gasteiger partial charge in [-0.2, -0.15) is 0 Å². The Labute approximate surface area is 157 Å². The van der Waals surface area contributed by atoms with E-state index < -0.39 is 23.6 Å². The highest BCUT2D eigenvalue weighted by Gasteiger charge is 2.60. The first kappa shape index (κ1) is 17.8. The SMILES string of the molecule is COc1ccc(F)cc1C(=O)COC(=O)C12C[C@@H]3C[C@@H](CC(Cl)(C3)C1)C2. The summed E-state index contributed by atoms with van der Waals surface area (Å²) in [7, 11) is 1.41. The fraction of sp³-hybridized carbons (Fsp3) is 0.600. The predicted molar refractivity (Wildman–Crippen MR) is 93.9 cm³/mol. The van der Waals surface area contributed by atoms with Crippen LogP contribution in [-0.4, -0.2) is 30.3 Å². The molecule has 0 amide bonds. The van der Waals surface area contributed by atoms with Crippen LogP contribution in [0.1, 0.15) is 48.9 Å². The van der Waals surface area contributed by atoms with E-state index >= 15 is 0 Å². The van der Waals surface area contributed by atoms with Gasteiger partial charge in [0.05, 0.1) is 18.1 Å². The largest absolute Gasteiger partial charge is 0.496 e. The zero-order chi connectivity index (χ0) is 18.5. The highest BCUT2D eigenvalue weighted by molar-refractivity contribution is 6.24. The highest BCUT2D eigenvalue weighted by atomic mass is 35.5. The zero-order valence-corrected chi connectivity index (χ0v) is 15.5. The van der Waals surface area contributed by atoms with Crippen LogP contribution < -0.4 is 4.74 Å². The van der Waals surface area contributed by atoms with Crippen molar-refractivity contribution in [2.45, 2.75) is 43.4 Å². The van der Waals surface area contributed by atoms with Crippen molar-refractivity contribution in [1.29, 1.82) is 0 Å². The van der Waals surface area contributed by atoms with Crippen LogP contribution in [0.4, 0.5) is 4.39 Å². The molecule has 4 aliphatic rings. The third kappa shape index (κ3) is 3.00. The second-order valence-electron chi connectivity index (χ2n) is 8.24. The topological polar surface area (TPSA) is 52.6 Å². The average Bonchev–Trinajstić information content (AvgIpc) is 2.57. The summed E-state index contributed by atoms with van der Waals surface area (Å²) < 4.78 is 24.0. The van der Waals surface area contributed by atoms with Crippen LogP contribution in [-0.2, 0) is 9.53 Å². The molecule has 0 aliphatic heterocycles.